The molecule has 4 aliphatic rings. The molecule has 4 rings (SSSR count). The van der Waals surface area contributed by atoms with E-state index in [0.717, 1.165) is 0 Å². The maximum Gasteiger partial charge on any atom is 0.338 e. The number of carbonyl (C=O) groups excluding carboxylic acids is 3. The first kappa shape index (κ1) is 27.0. The Labute approximate surface area is 212 Å². The van der Waals surface area contributed by atoms with Gasteiger partial charge in [0.25, 0.3) is 0 Å². The molecular formula is C27H38O9. The number of cyclic esters (lactones) is 1. The Morgan fingerprint density at radius 3 is 2.61 bits per heavy atom. The van der Waals surface area contributed by atoms with Gasteiger partial charge in [-0.05, 0) is 44.3 Å². The summed E-state index contributed by atoms with van der Waals surface area (Å²) in [5.74, 6) is -1.04. The molecule has 2 bridgehead atoms. The lowest BCUT2D eigenvalue weighted by molar-refractivity contribution is -0.159. The number of hydrogen-bond acceptors (Lipinski definition) is 9. The number of aliphatic hydroxyl groups is 1. The number of aliphatic hydroxyl groups excluding tert-OH is 1. The number of rotatable bonds is 5. The van der Waals surface area contributed by atoms with Gasteiger partial charge < -0.3 is 28.8 Å². The maximum atomic E-state index is 13.1. The lowest BCUT2D eigenvalue weighted by Crippen LogP contribution is -2.42. The van der Waals surface area contributed by atoms with Crippen molar-refractivity contribution < 1.29 is 43.2 Å². The normalized spacial score (nSPS) is 43.7. The molecule has 4 aliphatic heterocycles. The molecule has 1 N–H and O–H groups in total. The van der Waals surface area contributed by atoms with Gasteiger partial charge >= 0.3 is 11.9 Å². The van der Waals surface area contributed by atoms with Crippen LogP contribution in [0.15, 0.2) is 23.8 Å². The first-order valence-corrected chi connectivity index (χ1v) is 12.8. The van der Waals surface area contributed by atoms with Gasteiger partial charge in [0.15, 0.2) is 6.10 Å². The summed E-state index contributed by atoms with van der Waals surface area (Å²) in [4.78, 5) is 36.4. The van der Waals surface area contributed by atoms with Crippen molar-refractivity contribution in [2.75, 3.05) is 7.11 Å². The molecule has 0 aromatic rings. The van der Waals surface area contributed by atoms with Gasteiger partial charge in [0.2, 0.25) is 0 Å². The van der Waals surface area contributed by atoms with Gasteiger partial charge in [0.05, 0.1) is 18.3 Å². The zero-order valence-corrected chi connectivity index (χ0v) is 21.6. The number of methoxy groups -OCH3 is 1. The number of fused-ring (bicyclic) bond motifs is 4. The number of hydrogen-bond donors (Lipinski definition) is 1. The Bertz CT molecular complexity index is 913. The number of aldehydes is 1. The fourth-order valence-corrected chi connectivity index (χ4v) is 5.66. The summed E-state index contributed by atoms with van der Waals surface area (Å²) in [5, 5.41) is 11.1. The SMILES string of the molecule is CO[C@@H](/C(C)=C/C=O)[C@@H](C)[C@@H]1C[C@H](O)[C@@]2(C)O[C@@H]2/C=C/[C@@H](C)[C@H]2C[C@H](CC(=O)O2)C[C@@H]2O[C@H]2C(=O)O1. The molecule has 11 atom stereocenters. The second-order valence-electron chi connectivity index (χ2n) is 10.9. The summed E-state index contributed by atoms with van der Waals surface area (Å²) in [6, 6.07) is 0. The van der Waals surface area contributed by atoms with Crippen molar-refractivity contribution in [3.63, 3.8) is 0 Å². The molecule has 4 heterocycles. The largest absolute Gasteiger partial charge is 0.462 e. The molecule has 0 saturated carbocycles. The smallest absolute Gasteiger partial charge is 0.338 e. The molecule has 0 spiro atoms. The Kier molecular flexibility index (Phi) is 8.04. The first-order valence-electron chi connectivity index (χ1n) is 12.8. The Morgan fingerprint density at radius 2 is 1.92 bits per heavy atom. The molecule has 36 heavy (non-hydrogen) atoms. The Hall–Kier alpha value is -2.07. The second-order valence-corrected chi connectivity index (χ2v) is 10.9. The highest BCUT2D eigenvalue weighted by Gasteiger charge is 2.57. The lowest BCUT2D eigenvalue weighted by Gasteiger charge is -2.32. The van der Waals surface area contributed by atoms with Gasteiger partial charge in [-0.2, -0.15) is 0 Å². The van der Waals surface area contributed by atoms with E-state index in [9.17, 15) is 19.5 Å². The molecular weight excluding hydrogens is 468 g/mol. The van der Waals surface area contributed by atoms with Gasteiger partial charge in [-0.15, -0.1) is 0 Å². The van der Waals surface area contributed by atoms with Crippen LogP contribution in [0, 0.1) is 17.8 Å². The van der Waals surface area contributed by atoms with E-state index in [2.05, 4.69) is 0 Å². The third kappa shape index (κ3) is 5.74. The van der Waals surface area contributed by atoms with Crippen LogP contribution in [0.3, 0.4) is 0 Å². The van der Waals surface area contributed by atoms with Gasteiger partial charge in [-0.25, -0.2) is 4.79 Å². The predicted molar refractivity (Wildman–Crippen MR) is 128 cm³/mol. The van der Waals surface area contributed by atoms with Crippen LogP contribution >= 0.6 is 0 Å². The molecule has 0 unspecified atom stereocenters. The minimum atomic E-state index is -0.920. The third-order valence-corrected chi connectivity index (χ3v) is 8.23. The summed E-state index contributed by atoms with van der Waals surface area (Å²) in [7, 11) is 1.53. The van der Waals surface area contributed by atoms with Crippen LogP contribution in [0.1, 0.15) is 53.4 Å². The van der Waals surface area contributed by atoms with E-state index < -0.39 is 36.0 Å². The predicted octanol–water partition coefficient (Wildman–Crippen LogP) is 2.29. The van der Waals surface area contributed by atoms with E-state index in [1.165, 1.54) is 13.2 Å². The number of ether oxygens (including phenoxy) is 5. The number of esters is 2. The van der Waals surface area contributed by atoms with E-state index in [4.69, 9.17) is 23.7 Å². The van der Waals surface area contributed by atoms with Gasteiger partial charge in [-0.1, -0.05) is 26.0 Å². The van der Waals surface area contributed by atoms with Crippen molar-refractivity contribution in [1.82, 2.24) is 0 Å². The molecule has 9 heteroatoms. The maximum absolute atomic E-state index is 13.1. The van der Waals surface area contributed by atoms with Crippen LogP contribution in [0.4, 0.5) is 0 Å². The van der Waals surface area contributed by atoms with E-state index in [-0.39, 0.29) is 48.5 Å². The van der Waals surface area contributed by atoms with Crippen LogP contribution in [0.5, 0.6) is 0 Å². The molecule has 200 valence electrons. The average Bonchev–Trinajstić information content (AvgIpc) is 3.73. The minimum Gasteiger partial charge on any atom is -0.462 e. The zero-order valence-electron chi connectivity index (χ0n) is 21.6. The molecule has 0 radical (unpaired) electrons. The minimum absolute atomic E-state index is 0.0149. The van der Waals surface area contributed by atoms with Crippen LogP contribution < -0.4 is 0 Å². The fraction of sp³-hybridized carbons (Fsp3) is 0.741. The highest BCUT2D eigenvalue weighted by atomic mass is 16.6. The second kappa shape index (κ2) is 10.7. The standard InChI is InChI=1S/C27H38O9/c1-14-6-7-22-27(4,36-22)21(29)13-19(16(3)24(32-5)15(2)8-9-28)35-26(31)25-20(34-25)11-17-10-18(14)33-23(30)12-17/h6-9,14,16-22,24-25,29H,10-13H2,1-5H3/b7-6+,15-8+/t14-,16+,17+,18-,19+,20+,21+,22-,24+,25-,27-/m1/s1. The van der Waals surface area contributed by atoms with Gasteiger partial charge in [-0.3, -0.25) is 9.59 Å². The summed E-state index contributed by atoms with van der Waals surface area (Å²) in [5.41, 5.74) is -0.140. The van der Waals surface area contributed by atoms with E-state index >= 15 is 0 Å². The average molecular weight is 507 g/mol. The Balaban J connectivity index is 1.58. The topological polar surface area (TPSA) is 124 Å². The number of carbonyl (C=O) groups is 3. The first-order chi connectivity index (χ1) is 17.1. The van der Waals surface area contributed by atoms with Crippen LogP contribution in [-0.4, -0.2) is 78.8 Å². The zero-order chi connectivity index (χ0) is 26.2. The van der Waals surface area contributed by atoms with Crippen molar-refractivity contribution >= 4 is 18.2 Å². The van der Waals surface area contributed by atoms with Gasteiger partial charge in [0.1, 0.15) is 30.2 Å². The summed E-state index contributed by atoms with van der Waals surface area (Å²) >= 11 is 0. The summed E-state index contributed by atoms with van der Waals surface area (Å²) < 4.78 is 28.7. The molecule has 0 aromatic heterocycles. The molecule has 9 nitrogen and oxygen atoms in total. The van der Waals surface area contributed by atoms with Crippen LogP contribution in [0.2, 0.25) is 0 Å². The van der Waals surface area contributed by atoms with Crippen molar-refractivity contribution in [1.29, 1.82) is 0 Å². The Morgan fingerprint density at radius 1 is 1.19 bits per heavy atom. The molecule has 0 aliphatic carbocycles. The van der Waals surface area contributed by atoms with Crippen molar-refractivity contribution in [2.45, 2.75) is 102 Å². The fourth-order valence-electron chi connectivity index (χ4n) is 5.66. The number of epoxide rings is 2. The van der Waals surface area contributed by atoms with E-state index in [1.807, 2.05) is 32.9 Å². The monoisotopic (exact) mass is 506 g/mol. The number of allylic oxidation sites excluding steroid dienone is 1. The molecule has 3 saturated heterocycles. The summed E-state index contributed by atoms with van der Waals surface area (Å²) in [6.07, 6.45) is 4.05. The van der Waals surface area contributed by atoms with Crippen LogP contribution in [0.25, 0.3) is 0 Å². The van der Waals surface area contributed by atoms with Crippen molar-refractivity contribution in [3.05, 3.63) is 23.8 Å². The third-order valence-electron chi connectivity index (χ3n) is 8.23. The van der Waals surface area contributed by atoms with Crippen molar-refractivity contribution in [2.24, 2.45) is 17.8 Å². The molecule has 0 amide bonds. The lowest BCUT2D eigenvalue weighted by atomic mass is 9.84. The van der Waals surface area contributed by atoms with Crippen LogP contribution in [-0.2, 0) is 38.1 Å². The highest BCUT2D eigenvalue weighted by molar-refractivity contribution is 5.78. The van der Waals surface area contributed by atoms with Crippen molar-refractivity contribution in [3.8, 4) is 0 Å². The highest BCUT2D eigenvalue weighted by Crippen LogP contribution is 2.44. The van der Waals surface area contributed by atoms with E-state index in [1.54, 1.807) is 6.92 Å². The van der Waals surface area contributed by atoms with Gasteiger partial charge in [0, 0.05) is 31.8 Å². The summed E-state index contributed by atoms with van der Waals surface area (Å²) in [6.45, 7) is 7.48. The molecule has 3 fully saturated rings. The molecule has 0 aromatic carbocycles. The van der Waals surface area contributed by atoms with E-state index in [0.29, 0.717) is 31.1 Å². The quantitative estimate of drug-likeness (QED) is 0.197.